The molecule has 11 heteroatoms. The van der Waals surface area contributed by atoms with Crippen LogP contribution in [0.1, 0.15) is 21.8 Å². The average molecular weight is 458 g/mol. The smallest absolute Gasteiger partial charge is 0.311 e. The number of ether oxygens (including phenoxy) is 1. The quantitative estimate of drug-likeness (QED) is 0.331. The fraction of sp³-hybridized carbons (Fsp3) is 0.217. The van der Waals surface area contributed by atoms with Gasteiger partial charge in [0.1, 0.15) is 0 Å². The fourth-order valence-corrected chi connectivity index (χ4v) is 3.48. The summed E-state index contributed by atoms with van der Waals surface area (Å²) in [5, 5.41) is 6.97. The molecule has 0 atom stereocenters. The lowest BCUT2D eigenvalue weighted by molar-refractivity contribution is 0.0992. The van der Waals surface area contributed by atoms with Crippen molar-refractivity contribution in [1.82, 2.24) is 19.9 Å². The highest BCUT2D eigenvalue weighted by Crippen LogP contribution is 2.27. The Morgan fingerprint density at radius 2 is 2.03 bits per heavy atom. The largest absolute Gasteiger partial charge is 0.427 e. The van der Waals surface area contributed by atoms with Gasteiger partial charge >= 0.3 is 5.91 Å². The third kappa shape index (κ3) is 4.84. The molecule has 4 aromatic rings. The van der Waals surface area contributed by atoms with Gasteiger partial charge in [0.25, 0.3) is 5.89 Å². The van der Waals surface area contributed by atoms with Crippen molar-refractivity contribution in [1.29, 1.82) is 0 Å². The highest BCUT2D eigenvalue weighted by atomic mass is 16.5. The van der Waals surface area contributed by atoms with Crippen LogP contribution in [0, 0.1) is 6.92 Å². The number of nitrogens with one attached hydrogen (secondary N) is 2. The number of nitrogens with zero attached hydrogens (tertiary/aromatic N) is 6. The molecule has 1 amide bonds. The van der Waals surface area contributed by atoms with Gasteiger partial charge in [-0.25, -0.2) is 5.43 Å². The first-order chi connectivity index (χ1) is 16.7. The van der Waals surface area contributed by atoms with Crippen LogP contribution < -0.4 is 15.6 Å². The Bertz CT molecular complexity index is 1330. The SMILES string of the molecule is Cc1cccc(/C=N/Nc2nc(N3CCOCC3)c3oc(C(=O)Nc4cccnc4)nc3n2)c1. The zero-order valence-corrected chi connectivity index (χ0v) is 18.4. The van der Waals surface area contributed by atoms with Crippen LogP contribution in [0.25, 0.3) is 11.2 Å². The third-order valence-electron chi connectivity index (χ3n) is 5.08. The van der Waals surface area contributed by atoms with E-state index in [0.717, 1.165) is 11.1 Å². The van der Waals surface area contributed by atoms with E-state index in [1.54, 1.807) is 24.5 Å². The molecule has 1 fully saturated rings. The summed E-state index contributed by atoms with van der Waals surface area (Å²) in [5.74, 6) is 0.133. The van der Waals surface area contributed by atoms with Crippen LogP contribution in [0.15, 0.2) is 58.3 Å². The van der Waals surface area contributed by atoms with Gasteiger partial charge in [0.2, 0.25) is 17.2 Å². The Balaban J connectivity index is 1.45. The van der Waals surface area contributed by atoms with E-state index in [1.165, 1.54) is 6.20 Å². The Kier molecular flexibility index (Phi) is 6.08. The molecule has 0 radical (unpaired) electrons. The predicted molar refractivity (Wildman–Crippen MR) is 127 cm³/mol. The highest BCUT2D eigenvalue weighted by Gasteiger charge is 2.24. The second-order valence-corrected chi connectivity index (χ2v) is 7.62. The molecule has 172 valence electrons. The van der Waals surface area contributed by atoms with Gasteiger partial charge in [-0.1, -0.05) is 29.8 Å². The third-order valence-corrected chi connectivity index (χ3v) is 5.08. The van der Waals surface area contributed by atoms with Crippen LogP contribution in [0.5, 0.6) is 0 Å². The van der Waals surface area contributed by atoms with Gasteiger partial charge < -0.3 is 19.4 Å². The van der Waals surface area contributed by atoms with Gasteiger partial charge in [0.05, 0.1) is 31.3 Å². The monoisotopic (exact) mass is 458 g/mol. The number of carbonyl (C=O) groups is 1. The van der Waals surface area contributed by atoms with Gasteiger partial charge in [0.15, 0.2) is 5.82 Å². The number of pyridine rings is 1. The first-order valence-electron chi connectivity index (χ1n) is 10.7. The molecule has 1 saturated heterocycles. The zero-order chi connectivity index (χ0) is 23.3. The van der Waals surface area contributed by atoms with E-state index < -0.39 is 5.91 Å². The molecule has 11 nitrogen and oxygen atoms in total. The first kappa shape index (κ1) is 21.5. The summed E-state index contributed by atoms with van der Waals surface area (Å²) in [7, 11) is 0. The number of rotatable bonds is 6. The van der Waals surface area contributed by atoms with Gasteiger partial charge in [-0.05, 0) is 24.6 Å². The fourth-order valence-electron chi connectivity index (χ4n) is 3.48. The first-order valence-corrected chi connectivity index (χ1v) is 10.7. The molecule has 0 saturated carbocycles. The Morgan fingerprint density at radius 1 is 1.15 bits per heavy atom. The van der Waals surface area contributed by atoms with Crippen molar-refractivity contribution in [2.45, 2.75) is 6.92 Å². The summed E-state index contributed by atoms with van der Waals surface area (Å²) in [6, 6.07) is 11.4. The van der Waals surface area contributed by atoms with Crippen molar-refractivity contribution in [2.75, 3.05) is 41.9 Å². The zero-order valence-electron chi connectivity index (χ0n) is 18.4. The van der Waals surface area contributed by atoms with Gasteiger partial charge in [-0.15, -0.1) is 0 Å². The van der Waals surface area contributed by atoms with Crippen molar-refractivity contribution in [3.63, 3.8) is 0 Å². The van der Waals surface area contributed by atoms with Crippen LogP contribution in [-0.2, 0) is 4.74 Å². The normalized spacial score (nSPS) is 14.0. The van der Waals surface area contributed by atoms with E-state index in [0.29, 0.717) is 43.4 Å². The standard InChI is InChI=1S/C23H22N8O3/c1-15-4-2-5-16(12-15)13-25-30-23-28-19-18(20(29-23)31-8-10-33-11-9-31)34-22(27-19)21(32)26-17-6-3-7-24-14-17/h2-7,12-14H,8-11H2,1H3,(H,26,32)(H,28,29,30)/b25-13+. The number of benzene rings is 1. The summed E-state index contributed by atoms with van der Waals surface area (Å²) in [6.45, 7) is 4.37. The molecule has 4 heterocycles. The van der Waals surface area contributed by atoms with Crippen molar-refractivity contribution in [3.05, 3.63) is 65.8 Å². The van der Waals surface area contributed by atoms with E-state index in [-0.39, 0.29) is 17.5 Å². The maximum Gasteiger partial charge on any atom is 0.311 e. The van der Waals surface area contributed by atoms with Crippen LogP contribution in [0.3, 0.4) is 0 Å². The lowest BCUT2D eigenvalue weighted by Crippen LogP contribution is -2.37. The molecular weight excluding hydrogens is 436 g/mol. The molecule has 0 bridgehead atoms. The average Bonchev–Trinajstić information content (AvgIpc) is 3.29. The van der Waals surface area contributed by atoms with Crippen molar-refractivity contribution in [2.24, 2.45) is 5.10 Å². The molecule has 34 heavy (non-hydrogen) atoms. The summed E-state index contributed by atoms with van der Waals surface area (Å²) < 4.78 is 11.3. The minimum atomic E-state index is -0.508. The number of carbonyl (C=O) groups excluding carboxylic acids is 1. The summed E-state index contributed by atoms with van der Waals surface area (Å²) in [4.78, 5) is 32.0. The van der Waals surface area contributed by atoms with Crippen LogP contribution in [0.2, 0.25) is 0 Å². The van der Waals surface area contributed by atoms with E-state index >= 15 is 0 Å². The number of aromatic nitrogens is 4. The molecule has 0 aliphatic carbocycles. The molecule has 0 spiro atoms. The molecule has 5 rings (SSSR count). The molecule has 1 aliphatic rings. The summed E-state index contributed by atoms with van der Waals surface area (Å²) in [5.41, 5.74) is 6.04. The summed E-state index contributed by atoms with van der Waals surface area (Å²) >= 11 is 0. The van der Waals surface area contributed by atoms with Crippen LogP contribution >= 0.6 is 0 Å². The lowest BCUT2D eigenvalue weighted by Gasteiger charge is -2.27. The van der Waals surface area contributed by atoms with E-state index in [9.17, 15) is 4.79 Å². The number of aryl methyl sites for hydroxylation is 1. The number of amides is 1. The molecular formula is C23H22N8O3. The lowest BCUT2D eigenvalue weighted by atomic mass is 10.2. The molecule has 1 aromatic carbocycles. The topological polar surface area (TPSA) is 131 Å². The maximum absolute atomic E-state index is 12.7. The number of anilines is 3. The van der Waals surface area contributed by atoms with Crippen molar-refractivity contribution < 1.29 is 13.9 Å². The maximum atomic E-state index is 12.7. The van der Waals surface area contributed by atoms with E-state index in [1.807, 2.05) is 36.1 Å². The van der Waals surface area contributed by atoms with Gasteiger partial charge in [-0.3, -0.25) is 9.78 Å². The molecule has 2 N–H and O–H groups in total. The molecule has 1 aliphatic heterocycles. The number of oxazole rings is 1. The Hall–Kier alpha value is -4.38. The number of hydrogen-bond donors (Lipinski definition) is 2. The minimum absolute atomic E-state index is 0.122. The Morgan fingerprint density at radius 3 is 2.82 bits per heavy atom. The number of morpholine rings is 1. The number of hydrazone groups is 1. The van der Waals surface area contributed by atoms with Crippen molar-refractivity contribution >= 4 is 40.8 Å². The number of fused-ring (bicyclic) bond motifs is 1. The second kappa shape index (κ2) is 9.63. The van der Waals surface area contributed by atoms with Gasteiger partial charge in [-0.2, -0.15) is 20.1 Å². The summed E-state index contributed by atoms with van der Waals surface area (Å²) in [6.07, 6.45) is 4.84. The minimum Gasteiger partial charge on any atom is -0.427 e. The molecule has 0 unspecified atom stereocenters. The predicted octanol–water partition coefficient (Wildman–Crippen LogP) is 2.86. The van der Waals surface area contributed by atoms with E-state index in [2.05, 4.69) is 35.8 Å². The van der Waals surface area contributed by atoms with Crippen LogP contribution in [0.4, 0.5) is 17.5 Å². The van der Waals surface area contributed by atoms with E-state index in [4.69, 9.17) is 9.15 Å². The molecule has 3 aromatic heterocycles. The number of hydrogen-bond acceptors (Lipinski definition) is 10. The Labute approximate surface area is 194 Å². The van der Waals surface area contributed by atoms with Crippen molar-refractivity contribution in [3.8, 4) is 0 Å². The van der Waals surface area contributed by atoms with Crippen LogP contribution in [-0.4, -0.2) is 58.4 Å². The van der Waals surface area contributed by atoms with Gasteiger partial charge in [0, 0.05) is 19.3 Å². The second-order valence-electron chi connectivity index (χ2n) is 7.62. The highest BCUT2D eigenvalue weighted by molar-refractivity contribution is 6.02.